The van der Waals surface area contributed by atoms with E-state index in [1.165, 1.54) is 0 Å². The van der Waals surface area contributed by atoms with E-state index in [9.17, 15) is 14.7 Å². The Hall–Kier alpha value is -4.13. The van der Waals surface area contributed by atoms with Gasteiger partial charge in [0.15, 0.2) is 0 Å². The molecule has 7 heteroatoms. The lowest BCUT2D eigenvalue weighted by atomic mass is 9.91. The van der Waals surface area contributed by atoms with Crippen molar-refractivity contribution in [3.63, 3.8) is 0 Å². The predicted molar refractivity (Wildman–Crippen MR) is 133 cm³/mol. The van der Waals surface area contributed by atoms with Gasteiger partial charge in [0.1, 0.15) is 12.3 Å². The predicted octanol–water partition coefficient (Wildman–Crippen LogP) is 5.64. The lowest BCUT2D eigenvalue weighted by Crippen LogP contribution is -2.17. The molecule has 0 fully saturated rings. The number of nitrogens with zero attached hydrogens (tertiary/aromatic N) is 2. The van der Waals surface area contributed by atoms with Gasteiger partial charge in [-0.25, -0.2) is 4.79 Å². The molecule has 1 unspecified atom stereocenters. The number of aromatic nitrogens is 2. The number of rotatable bonds is 9. The molecule has 2 aromatic carbocycles. The number of aromatic carboxylic acids is 1. The van der Waals surface area contributed by atoms with Gasteiger partial charge >= 0.3 is 11.9 Å². The number of ether oxygens (including phenoxy) is 2. The van der Waals surface area contributed by atoms with Gasteiger partial charge in [0, 0.05) is 0 Å². The van der Waals surface area contributed by atoms with E-state index >= 15 is 0 Å². The molecule has 4 rings (SSSR count). The Morgan fingerprint density at radius 1 is 1.06 bits per heavy atom. The Morgan fingerprint density at radius 2 is 1.83 bits per heavy atom. The number of fused-ring (bicyclic) bond motifs is 1. The van der Waals surface area contributed by atoms with Crippen molar-refractivity contribution >= 4 is 17.6 Å². The van der Waals surface area contributed by atoms with Crippen LogP contribution < -0.4 is 4.74 Å². The third kappa shape index (κ3) is 5.04. The first-order valence-electron chi connectivity index (χ1n) is 11.6. The maximum absolute atomic E-state index is 13.1. The van der Waals surface area contributed by atoms with Crippen LogP contribution in [0, 0.1) is 6.92 Å². The third-order valence-electron chi connectivity index (χ3n) is 5.98. The highest BCUT2D eigenvalue weighted by Gasteiger charge is 2.23. The number of hydrogen-bond acceptors (Lipinski definition) is 5. The van der Waals surface area contributed by atoms with Gasteiger partial charge in [-0.3, -0.25) is 9.20 Å². The molecule has 0 aliphatic rings. The first kappa shape index (κ1) is 24.0. The monoisotopic (exact) mass is 472 g/mol. The summed E-state index contributed by atoms with van der Waals surface area (Å²) in [5.41, 5.74) is 4.68. The molecule has 0 bridgehead atoms. The summed E-state index contributed by atoms with van der Waals surface area (Å²) in [7, 11) is 0. The quantitative estimate of drug-likeness (QED) is 0.317. The molecular weight excluding hydrogens is 444 g/mol. The SMILES string of the molecule is CCOc1cn2c(COC(=O)C(CC)c3ccc(-c4ccccc4)c(C(=O)O)c3)ccc(C)c2n1. The van der Waals surface area contributed by atoms with Gasteiger partial charge in [0.05, 0.1) is 30.0 Å². The molecule has 0 saturated heterocycles. The van der Waals surface area contributed by atoms with E-state index in [-0.39, 0.29) is 12.2 Å². The minimum absolute atomic E-state index is 0.0575. The molecule has 0 spiro atoms. The summed E-state index contributed by atoms with van der Waals surface area (Å²) in [6.45, 7) is 6.30. The largest absolute Gasteiger partial charge is 0.478 e. The van der Waals surface area contributed by atoms with Gasteiger partial charge in [-0.1, -0.05) is 55.5 Å². The zero-order valence-electron chi connectivity index (χ0n) is 20.0. The number of imidazole rings is 1. The van der Waals surface area contributed by atoms with Gasteiger partial charge in [0.25, 0.3) is 0 Å². The van der Waals surface area contributed by atoms with Gasteiger partial charge in [-0.2, -0.15) is 4.98 Å². The van der Waals surface area contributed by atoms with Crippen LogP contribution >= 0.6 is 0 Å². The van der Waals surface area contributed by atoms with Crippen LogP contribution in [-0.4, -0.2) is 33.0 Å². The van der Waals surface area contributed by atoms with E-state index in [4.69, 9.17) is 9.47 Å². The Labute approximate surface area is 204 Å². The maximum Gasteiger partial charge on any atom is 0.336 e. The first-order chi connectivity index (χ1) is 16.9. The second-order valence-electron chi connectivity index (χ2n) is 8.26. The molecule has 0 amide bonds. The summed E-state index contributed by atoms with van der Waals surface area (Å²) in [4.78, 5) is 29.6. The summed E-state index contributed by atoms with van der Waals surface area (Å²) in [6, 6.07) is 18.3. The van der Waals surface area contributed by atoms with E-state index in [0.717, 1.165) is 22.5 Å². The van der Waals surface area contributed by atoms with Crippen molar-refractivity contribution in [2.24, 2.45) is 0 Å². The molecule has 1 N–H and O–H groups in total. The summed E-state index contributed by atoms with van der Waals surface area (Å²) in [5.74, 6) is -1.52. The van der Waals surface area contributed by atoms with Crippen molar-refractivity contribution in [1.29, 1.82) is 0 Å². The molecule has 0 saturated carbocycles. The summed E-state index contributed by atoms with van der Waals surface area (Å²) < 4.78 is 13.1. The smallest absolute Gasteiger partial charge is 0.336 e. The average molecular weight is 473 g/mol. The second kappa shape index (κ2) is 10.4. The van der Waals surface area contributed by atoms with Crippen molar-refractivity contribution in [3.8, 4) is 17.0 Å². The first-order valence-corrected chi connectivity index (χ1v) is 11.6. The van der Waals surface area contributed by atoms with E-state index in [1.54, 1.807) is 24.4 Å². The van der Waals surface area contributed by atoms with Gasteiger partial charge in [-0.05, 0) is 54.7 Å². The lowest BCUT2D eigenvalue weighted by molar-refractivity contribution is -0.147. The van der Waals surface area contributed by atoms with Crippen LogP contribution in [0.3, 0.4) is 0 Å². The number of carboxylic acid groups (broad SMARTS) is 1. The van der Waals surface area contributed by atoms with Gasteiger partial charge < -0.3 is 14.6 Å². The van der Waals surface area contributed by atoms with Crippen LogP contribution in [0.5, 0.6) is 5.88 Å². The standard InChI is InChI=1S/C28H28N2O5/c1-4-22(20-12-14-23(24(15-20)27(31)32)19-9-7-6-8-10-19)28(33)35-17-21-13-11-18(3)26-29-25(34-5-2)16-30(21)26/h6-16,22H,4-5,17H2,1-3H3,(H,31,32). The second-order valence-corrected chi connectivity index (χ2v) is 8.26. The van der Waals surface area contributed by atoms with Crippen LogP contribution in [0.25, 0.3) is 16.8 Å². The fourth-order valence-electron chi connectivity index (χ4n) is 4.18. The van der Waals surface area contributed by atoms with Gasteiger partial charge in [-0.15, -0.1) is 0 Å². The van der Waals surface area contributed by atoms with Crippen molar-refractivity contribution in [2.75, 3.05) is 6.61 Å². The molecule has 180 valence electrons. The Morgan fingerprint density at radius 3 is 2.51 bits per heavy atom. The zero-order chi connectivity index (χ0) is 24.9. The van der Waals surface area contributed by atoms with Crippen LogP contribution in [0.15, 0.2) is 66.9 Å². The fraction of sp³-hybridized carbons (Fsp3) is 0.250. The topological polar surface area (TPSA) is 90.1 Å². The molecule has 35 heavy (non-hydrogen) atoms. The number of carbonyl (C=O) groups excluding carboxylic acids is 1. The normalized spacial score (nSPS) is 11.9. The number of carbonyl (C=O) groups is 2. The Bertz CT molecular complexity index is 1360. The Kier molecular flexibility index (Phi) is 7.15. The highest BCUT2D eigenvalue weighted by Crippen LogP contribution is 2.30. The van der Waals surface area contributed by atoms with Crippen LogP contribution in [0.2, 0.25) is 0 Å². The maximum atomic E-state index is 13.1. The number of benzene rings is 2. The number of carboxylic acids is 1. The lowest BCUT2D eigenvalue weighted by Gasteiger charge is -2.17. The average Bonchev–Trinajstić information content (AvgIpc) is 3.29. The molecule has 0 aliphatic carbocycles. The molecule has 4 aromatic rings. The minimum Gasteiger partial charge on any atom is -0.478 e. The molecule has 7 nitrogen and oxygen atoms in total. The number of esters is 1. The number of aryl methyl sites for hydroxylation is 1. The van der Waals surface area contributed by atoms with E-state index < -0.39 is 17.9 Å². The number of hydrogen-bond donors (Lipinski definition) is 1. The van der Waals surface area contributed by atoms with Crippen molar-refractivity contribution in [1.82, 2.24) is 9.38 Å². The molecule has 0 radical (unpaired) electrons. The van der Waals surface area contributed by atoms with Crippen LogP contribution in [0.1, 0.15) is 53.4 Å². The third-order valence-corrected chi connectivity index (χ3v) is 5.98. The Balaban J connectivity index is 1.57. The highest BCUT2D eigenvalue weighted by atomic mass is 16.5. The molecule has 2 aromatic heterocycles. The summed E-state index contributed by atoms with van der Waals surface area (Å²) in [6.07, 6.45) is 2.26. The number of pyridine rings is 1. The van der Waals surface area contributed by atoms with Crippen LogP contribution in [-0.2, 0) is 16.1 Å². The van der Waals surface area contributed by atoms with E-state index in [0.29, 0.717) is 30.0 Å². The van der Waals surface area contributed by atoms with Gasteiger partial charge in [0.2, 0.25) is 5.88 Å². The van der Waals surface area contributed by atoms with Crippen molar-refractivity contribution in [3.05, 3.63) is 89.2 Å². The van der Waals surface area contributed by atoms with Crippen molar-refractivity contribution in [2.45, 2.75) is 39.7 Å². The highest BCUT2D eigenvalue weighted by molar-refractivity contribution is 5.96. The molecular formula is C28H28N2O5. The zero-order valence-corrected chi connectivity index (χ0v) is 20.0. The van der Waals surface area contributed by atoms with Crippen LogP contribution in [0.4, 0.5) is 0 Å². The molecule has 2 heterocycles. The summed E-state index contributed by atoms with van der Waals surface area (Å²) in [5, 5.41) is 9.82. The fourth-order valence-corrected chi connectivity index (χ4v) is 4.18. The summed E-state index contributed by atoms with van der Waals surface area (Å²) >= 11 is 0. The van der Waals surface area contributed by atoms with E-state index in [2.05, 4.69) is 4.98 Å². The molecule has 0 aliphatic heterocycles. The molecule has 1 atom stereocenters. The van der Waals surface area contributed by atoms with Crippen molar-refractivity contribution < 1.29 is 24.2 Å². The minimum atomic E-state index is -1.04. The van der Waals surface area contributed by atoms with E-state index in [1.807, 2.05) is 67.6 Å².